The number of halogens is 1. The van der Waals surface area contributed by atoms with E-state index in [2.05, 4.69) is 45.2 Å². The number of hydrogen-bond donors (Lipinski definition) is 1. The van der Waals surface area contributed by atoms with Gasteiger partial charge in [-0.1, -0.05) is 23.7 Å². The van der Waals surface area contributed by atoms with Gasteiger partial charge in [0.15, 0.2) is 0 Å². The summed E-state index contributed by atoms with van der Waals surface area (Å²) in [5.41, 5.74) is 4.31. The summed E-state index contributed by atoms with van der Waals surface area (Å²) < 4.78 is 7.29. The number of pyridine rings is 1. The third-order valence-corrected chi connectivity index (χ3v) is 9.38. The highest BCUT2D eigenvalue weighted by Gasteiger charge is 2.33. The van der Waals surface area contributed by atoms with E-state index in [0.717, 1.165) is 67.4 Å². The molecule has 0 radical (unpaired) electrons. The van der Waals surface area contributed by atoms with E-state index in [4.69, 9.17) is 16.3 Å². The predicted octanol–water partition coefficient (Wildman–Crippen LogP) is 6.80. The van der Waals surface area contributed by atoms with E-state index in [9.17, 15) is 9.90 Å². The molecule has 0 atom stereocenters. The van der Waals surface area contributed by atoms with Gasteiger partial charge in [0.05, 0.1) is 25.5 Å². The smallest absolute Gasteiger partial charge is 0.232 e. The molecule has 1 N–H and O–H groups in total. The molecule has 0 aliphatic heterocycles. The number of aliphatic hydroxyl groups excluding tert-OH is 1. The predicted molar refractivity (Wildman–Crippen MR) is 157 cm³/mol. The summed E-state index contributed by atoms with van der Waals surface area (Å²) in [6.45, 7) is 0.719. The lowest BCUT2D eigenvalue weighted by atomic mass is 9.78. The maximum atomic E-state index is 14.0. The third-order valence-electron chi connectivity index (χ3n) is 9.11. The molecule has 2 heterocycles. The number of ether oxygens (including phenoxy) is 1. The number of rotatable bonds is 8. The molecule has 0 unspecified atom stereocenters. The zero-order valence-corrected chi connectivity index (χ0v) is 24.0. The number of benzene rings is 1. The van der Waals surface area contributed by atoms with Crippen molar-refractivity contribution in [2.45, 2.75) is 82.3 Å². The highest BCUT2D eigenvalue weighted by atomic mass is 35.5. The third kappa shape index (κ3) is 6.06. The van der Waals surface area contributed by atoms with Crippen molar-refractivity contribution in [2.24, 2.45) is 11.8 Å². The van der Waals surface area contributed by atoms with Crippen LogP contribution < -0.4 is 9.64 Å². The Bertz CT molecular complexity index is 1320. The summed E-state index contributed by atoms with van der Waals surface area (Å²) in [4.78, 5) is 20.4. The Hall–Kier alpha value is -2.90. The molecule has 1 amide bonds. The maximum absolute atomic E-state index is 14.0. The van der Waals surface area contributed by atoms with Gasteiger partial charge >= 0.3 is 0 Å². The Morgan fingerprint density at radius 2 is 1.80 bits per heavy atom. The molecule has 212 valence electrons. The summed E-state index contributed by atoms with van der Waals surface area (Å²) in [6.07, 6.45) is 15.2. The highest BCUT2D eigenvalue weighted by molar-refractivity contribution is 6.31. The number of carbonyl (C=O) groups is 1. The first kappa shape index (κ1) is 27.3. The minimum absolute atomic E-state index is 0.0338. The van der Waals surface area contributed by atoms with Crippen molar-refractivity contribution in [1.29, 1.82) is 0 Å². The van der Waals surface area contributed by atoms with Gasteiger partial charge in [0.1, 0.15) is 5.02 Å². The van der Waals surface area contributed by atoms with Crippen molar-refractivity contribution in [2.75, 3.05) is 18.6 Å². The summed E-state index contributed by atoms with van der Waals surface area (Å²) in [6, 6.07) is 10.9. The highest BCUT2D eigenvalue weighted by Crippen LogP contribution is 2.40. The first-order valence-corrected chi connectivity index (χ1v) is 15.2. The van der Waals surface area contributed by atoms with Crippen LogP contribution in [0.5, 0.6) is 5.88 Å². The number of carbonyl (C=O) groups excluding carboxylic acids is 1. The number of anilines is 1. The lowest BCUT2D eigenvalue weighted by molar-refractivity contribution is -0.124. The second kappa shape index (κ2) is 11.9. The van der Waals surface area contributed by atoms with Crippen molar-refractivity contribution in [3.05, 3.63) is 59.5 Å². The molecule has 3 aliphatic carbocycles. The number of nitrogens with zero attached hydrogens (tertiary/aromatic N) is 4. The van der Waals surface area contributed by atoms with Crippen LogP contribution in [0.1, 0.15) is 81.7 Å². The number of amides is 1. The number of aromatic nitrogens is 3. The lowest BCUT2D eigenvalue weighted by Crippen LogP contribution is -2.41. The molecule has 3 aromatic rings. The van der Waals surface area contributed by atoms with Crippen LogP contribution in [0.2, 0.25) is 5.02 Å². The molecule has 2 aromatic heterocycles. The van der Waals surface area contributed by atoms with Crippen LogP contribution in [0, 0.1) is 11.8 Å². The second-order valence-corrected chi connectivity index (χ2v) is 12.3. The standard InChI is InChI=1S/C32H39ClN4O3/c1-40-31-30(33)16-25(17-34-31)22-7-5-21(6-8-22)19-36(32(39)23-9-13-29(38)14-10-23)28-4-2-3-24(15-28)26-18-35-37(20-26)27-11-12-27/h2-4,15-18,20-23,27,29,38H,5-14,19H2,1H3. The Labute approximate surface area is 241 Å². The largest absolute Gasteiger partial charge is 0.480 e. The fourth-order valence-electron chi connectivity index (χ4n) is 6.50. The first-order valence-electron chi connectivity index (χ1n) is 14.8. The van der Waals surface area contributed by atoms with Gasteiger partial charge in [0.25, 0.3) is 0 Å². The van der Waals surface area contributed by atoms with Gasteiger partial charge < -0.3 is 14.7 Å². The van der Waals surface area contributed by atoms with Crippen molar-refractivity contribution < 1.29 is 14.6 Å². The number of hydrogen-bond acceptors (Lipinski definition) is 5. The summed E-state index contributed by atoms with van der Waals surface area (Å²) in [5.74, 6) is 1.48. The molecule has 7 nitrogen and oxygen atoms in total. The molecular weight excluding hydrogens is 524 g/mol. The van der Waals surface area contributed by atoms with E-state index in [1.165, 1.54) is 12.8 Å². The Morgan fingerprint density at radius 3 is 2.50 bits per heavy atom. The van der Waals surface area contributed by atoms with Gasteiger partial charge in [-0.2, -0.15) is 5.10 Å². The Kier molecular flexibility index (Phi) is 8.12. The van der Waals surface area contributed by atoms with Gasteiger partial charge in [0, 0.05) is 36.1 Å². The molecular formula is C32H39ClN4O3. The molecule has 8 heteroatoms. The van der Waals surface area contributed by atoms with E-state index < -0.39 is 0 Å². The van der Waals surface area contributed by atoms with Gasteiger partial charge in [0.2, 0.25) is 11.8 Å². The summed E-state index contributed by atoms with van der Waals surface area (Å²) in [7, 11) is 1.58. The fraction of sp³-hybridized carbons (Fsp3) is 0.531. The molecule has 6 rings (SSSR count). The zero-order chi connectivity index (χ0) is 27.6. The second-order valence-electron chi connectivity index (χ2n) is 11.9. The molecule has 3 aliphatic rings. The number of aliphatic hydroxyl groups is 1. The van der Waals surface area contributed by atoms with Crippen LogP contribution in [0.25, 0.3) is 11.1 Å². The Morgan fingerprint density at radius 1 is 1.02 bits per heavy atom. The van der Waals surface area contributed by atoms with Crippen molar-refractivity contribution >= 4 is 23.2 Å². The first-order chi connectivity index (χ1) is 19.5. The van der Waals surface area contributed by atoms with E-state index in [0.29, 0.717) is 41.6 Å². The maximum Gasteiger partial charge on any atom is 0.232 e. The monoisotopic (exact) mass is 562 g/mol. The topological polar surface area (TPSA) is 80.5 Å². The van der Waals surface area contributed by atoms with Gasteiger partial charge in [-0.25, -0.2) is 4.98 Å². The zero-order valence-electron chi connectivity index (χ0n) is 23.2. The lowest BCUT2D eigenvalue weighted by Gasteiger charge is -2.36. The molecule has 0 spiro atoms. The van der Waals surface area contributed by atoms with Crippen LogP contribution in [0.15, 0.2) is 48.9 Å². The average molecular weight is 563 g/mol. The minimum Gasteiger partial charge on any atom is -0.480 e. The van der Waals surface area contributed by atoms with Crippen LogP contribution >= 0.6 is 11.6 Å². The van der Waals surface area contributed by atoms with Crippen molar-refractivity contribution in [3.8, 4) is 17.0 Å². The molecule has 0 saturated heterocycles. The average Bonchev–Trinajstić information content (AvgIpc) is 3.72. The minimum atomic E-state index is -0.278. The fourth-order valence-corrected chi connectivity index (χ4v) is 6.75. The normalized spacial score (nSPS) is 25.0. The van der Waals surface area contributed by atoms with Crippen molar-refractivity contribution in [3.63, 3.8) is 0 Å². The Balaban J connectivity index is 1.19. The molecule has 40 heavy (non-hydrogen) atoms. The van der Waals surface area contributed by atoms with E-state index >= 15 is 0 Å². The molecule has 3 saturated carbocycles. The molecule has 0 bridgehead atoms. The van der Waals surface area contributed by atoms with Gasteiger partial charge in [-0.05, 0) is 105 Å². The van der Waals surface area contributed by atoms with Crippen molar-refractivity contribution in [1.82, 2.24) is 14.8 Å². The van der Waals surface area contributed by atoms with Gasteiger partial charge in [-0.15, -0.1) is 0 Å². The van der Waals surface area contributed by atoms with E-state index in [1.807, 2.05) is 23.4 Å². The van der Waals surface area contributed by atoms with Crippen LogP contribution in [0.3, 0.4) is 0 Å². The van der Waals surface area contributed by atoms with Gasteiger partial charge in [-0.3, -0.25) is 9.48 Å². The van der Waals surface area contributed by atoms with Crippen LogP contribution in [-0.2, 0) is 4.79 Å². The number of methoxy groups -OCH3 is 1. The van der Waals surface area contributed by atoms with E-state index in [-0.39, 0.29) is 17.9 Å². The van der Waals surface area contributed by atoms with Crippen LogP contribution in [0.4, 0.5) is 5.69 Å². The quantitative estimate of drug-likeness (QED) is 0.326. The molecule has 3 fully saturated rings. The van der Waals surface area contributed by atoms with E-state index in [1.54, 1.807) is 7.11 Å². The molecule has 1 aromatic carbocycles. The SMILES string of the molecule is COc1ncc(C2CCC(CN(C(=O)C3CCC(O)CC3)c3cccc(-c4cnn(C5CC5)c4)c3)CC2)cc1Cl. The van der Waals surface area contributed by atoms with Crippen LogP contribution in [-0.4, -0.2) is 45.5 Å². The summed E-state index contributed by atoms with van der Waals surface area (Å²) >= 11 is 6.36. The summed E-state index contributed by atoms with van der Waals surface area (Å²) in [5, 5.41) is 15.2.